The fraction of sp³-hybridized carbons (Fsp3) is 0.238. The number of aromatic nitrogens is 2. The van der Waals surface area contributed by atoms with Gasteiger partial charge in [-0.05, 0) is 30.5 Å². The van der Waals surface area contributed by atoms with Crippen LogP contribution in [0.25, 0.3) is 0 Å². The fourth-order valence-corrected chi connectivity index (χ4v) is 3.90. The SMILES string of the molecule is CSc1ccccc1C(=O)N1CCc2[nH]nc(COc3ccccc3)c2C1. The summed E-state index contributed by atoms with van der Waals surface area (Å²) in [6, 6.07) is 17.5. The van der Waals surface area contributed by atoms with Crippen LogP contribution in [-0.2, 0) is 19.6 Å². The number of rotatable bonds is 5. The Morgan fingerprint density at radius 2 is 1.96 bits per heavy atom. The van der Waals surface area contributed by atoms with Crippen LogP contribution in [0.15, 0.2) is 59.5 Å². The molecule has 0 saturated carbocycles. The van der Waals surface area contributed by atoms with Gasteiger partial charge in [0.05, 0.1) is 5.56 Å². The van der Waals surface area contributed by atoms with E-state index in [0.29, 0.717) is 19.7 Å². The molecular weight excluding hydrogens is 358 g/mol. The molecule has 1 aliphatic rings. The van der Waals surface area contributed by atoms with Crippen LogP contribution in [0, 0.1) is 0 Å². The fourth-order valence-electron chi connectivity index (χ4n) is 3.31. The van der Waals surface area contributed by atoms with Crippen LogP contribution < -0.4 is 4.74 Å². The molecule has 3 aromatic rings. The Bertz CT molecular complexity index is 940. The van der Waals surface area contributed by atoms with Crippen molar-refractivity contribution < 1.29 is 9.53 Å². The van der Waals surface area contributed by atoms with Crippen LogP contribution >= 0.6 is 11.8 Å². The Hall–Kier alpha value is -2.73. The summed E-state index contributed by atoms with van der Waals surface area (Å²) >= 11 is 1.60. The number of hydrogen-bond acceptors (Lipinski definition) is 4. The number of carbonyl (C=O) groups is 1. The number of para-hydroxylation sites is 1. The summed E-state index contributed by atoms with van der Waals surface area (Å²) in [5.41, 5.74) is 3.81. The van der Waals surface area contributed by atoms with E-state index >= 15 is 0 Å². The van der Waals surface area contributed by atoms with Crippen molar-refractivity contribution in [2.24, 2.45) is 0 Å². The summed E-state index contributed by atoms with van der Waals surface area (Å²) in [7, 11) is 0. The van der Waals surface area contributed by atoms with Gasteiger partial charge in [-0.3, -0.25) is 9.89 Å². The van der Waals surface area contributed by atoms with Crippen LogP contribution in [0.4, 0.5) is 0 Å². The van der Waals surface area contributed by atoms with Gasteiger partial charge in [-0.2, -0.15) is 5.10 Å². The lowest BCUT2D eigenvalue weighted by atomic mass is 10.0. The van der Waals surface area contributed by atoms with E-state index in [1.165, 1.54) is 0 Å². The molecule has 2 heterocycles. The quantitative estimate of drug-likeness (QED) is 0.683. The molecular formula is C21H21N3O2S. The number of hydrogen-bond donors (Lipinski definition) is 1. The molecule has 0 aliphatic carbocycles. The number of H-pyrrole nitrogens is 1. The van der Waals surface area contributed by atoms with E-state index in [9.17, 15) is 4.79 Å². The normalized spacial score (nSPS) is 13.3. The third-order valence-corrected chi connectivity index (χ3v) is 5.56. The zero-order valence-corrected chi connectivity index (χ0v) is 16.0. The van der Waals surface area contributed by atoms with Crippen LogP contribution in [0.5, 0.6) is 5.75 Å². The molecule has 0 unspecified atom stereocenters. The summed E-state index contributed by atoms with van der Waals surface area (Å²) in [6.07, 6.45) is 2.77. The standard InChI is InChI=1S/C21H21N3O2S/c1-27-20-10-6-5-9-16(20)21(25)24-12-11-18-17(13-24)19(23-22-18)14-26-15-7-3-2-4-8-15/h2-10H,11-14H2,1H3,(H,22,23). The summed E-state index contributed by atoms with van der Waals surface area (Å²) in [6.45, 7) is 1.63. The number of aromatic amines is 1. The van der Waals surface area contributed by atoms with Crippen LogP contribution in [-0.4, -0.2) is 33.8 Å². The molecule has 6 heteroatoms. The molecule has 1 amide bonds. The van der Waals surface area contributed by atoms with Crippen molar-refractivity contribution in [3.8, 4) is 5.75 Å². The predicted molar refractivity (Wildman–Crippen MR) is 106 cm³/mol. The molecule has 0 bridgehead atoms. The van der Waals surface area contributed by atoms with Crippen molar-refractivity contribution in [1.82, 2.24) is 15.1 Å². The van der Waals surface area contributed by atoms with Crippen molar-refractivity contribution in [2.75, 3.05) is 12.8 Å². The summed E-state index contributed by atoms with van der Waals surface area (Å²) < 4.78 is 5.84. The molecule has 1 N–H and O–H groups in total. The number of nitrogens with zero attached hydrogens (tertiary/aromatic N) is 2. The van der Waals surface area contributed by atoms with Gasteiger partial charge in [0.1, 0.15) is 18.1 Å². The Morgan fingerprint density at radius 3 is 2.78 bits per heavy atom. The summed E-state index contributed by atoms with van der Waals surface area (Å²) in [5, 5.41) is 7.53. The lowest BCUT2D eigenvalue weighted by molar-refractivity contribution is 0.0729. The van der Waals surface area contributed by atoms with E-state index in [4.69, 9.17) is 4.74 Å². The molecule has 27 heavy (non-hydrogen) atoms. The largest absolute Gasteiger partial charge is 0.487 e. The van der Waals surface area contributed by atoms with E-state index in [1.807, 2.05) is 65.8 Å². The Morgan fingerprint density at radius 1 is 1.19 bits per heavy atom. The van der Waals surface area contributed by atoms with Gasteiger partial charge in [-0.15, -0.1) is 11.8 Å². The van der Waals surface area contributed by atoms with E-state index in [2.05, 4.69) is 10.2 Å². The number of nitrogens with one attached hydrogen (secondary N) is 1. The van der Waals surface area contributed by atoms with E-state index in [0.717, 1.165) is 39.6 Å². The van der Waals surface area contributed by atoms with Gasteiger partial charge in [-0.25, -0.2) is 0 Å². The maximum absolute atomic E-state index is 13.1. The Kier molecular flexibility index (Phi) is 5.16. The monoisotopic (exact) mass is 379 g/mol. The molecule has 0 saturated heterocycles. The van der Waals surface area contributed by atoms with Crippen molar-refractivity contribution in [3.05, 3.63) is 77.1 Å². The number of thioether (sulfide) groups is 1. The average Bonchev–Trinajstić information content (AvgIpc) is 3.14. The molecule has 4 rings (SSSR count). The van der Waals surface area contributed by atoms with Crippen molar-refractivity contribution in [2.45, 2.75) is 24.5 Å². The first-order valence-corrected chi connectivity index (χ1v) is 10.1. The number of ether oxygens (including phenoxy) is 1. The highest BCUT2D eigenvalue weighted by molar-refractivity contribution is 7.98. The first kappa shape index (κ1) is 17.7. The highest BCUT2D eigenvalue weighted by Gasteiger charge is 2.27. The van der Waals surface area contributed by atoms with Gasteiger partial charge in [0.25, 0.3) is 5.91 Å². The van der Waals surface area contributed by atoms with Gasteiger partial charge in [0, 0.05) is 35.7 Å². The maximum atomic E-state index is 13.1. The predicted octanol–water partition coefficient (Wildman–Crippen LogP) is 3.91. The van der Waals surface area contributed by atoms with Gasteiger partial charge in [0.2, 0.25) is 0 Å². The summed E-state index contributed by atoms with van der Waals surface area (Å²) in [5.74, 6) is 0.883. The zero-order chi connectivity index (χ0) is 18.6. The molecule has 0 radical (unpaired) electrons. The molecule has 5 nitrogen and oxygen atoms in total. The average molecular weight is 379 g/mol. The minimum Gasteiger partial charge on any atom is -0.487 e. The topological polar surface area (TPSA) is 58.2 Å². The van der Waals surface area contributed by atoms with Crippen LogP contribution in [0.1, 0.15) is 27.3 Å². The lowest BCUT2D eigenvalue weighted by Crippen LogP contribution is -2.36. The zero-order valence-electron chi connectivity index (χ0n) is 15.1. The van der Waals surface area contributed by atoms with Crippen LogP contribution in [0.2, 0.25) is 0 Å². The smallest absolute Gasteiger partial charge is 0.255 e. The van der Waals surface area contributed by atoms with Crippen molar-refractivity contribution >= 4 is 17.7 Å². The van der Waals surface area contributed by atoms with E-state index < -0.39 is 0 Å². The van der Waals surface area contributed by atoms with Gasteiger partial charge >= 0.3 is 0 Å². The highest BCUT2D eigenvalue weighted by atomic mass is 32.2. The van der Waals surface area contributed by atoms with Gasteiger partial charge in [-0.1, -0.05) is 30.3 Å². The molecule has 138 valence electrons. The first-order valence-electron chi connectivity index (χ1n) is 8.91. The van der Waals surface area contributed by atoms with Crippen molar-refractivity contribution in [3.63, 3.8) is 0 Å². The number of fused-ring (bicyclic) bond motifs is 1. The second-order valence-corrected chi connectivity index (χ2v) is 7.25. The maximum Gasteiger partial charge on any atom is 0.255 e. The molecule has 1 aliphatic heterocycles. The number of benzene rings is 2. The molecule has 2 aromatic carbocycles. The second-order valence-electron chi connectivity index (χ2n) is 6.41. The van der Waals surface area contributed by atoms with Gasteiger partial charge < -0.3 is 9.64 Å². The Labute approximate surface area is 162 Å². The molecule has 1 aromatic heterocycles. The van der Waals surface area contributed by atoms with Gasteiger partial charge in [0.15, 0.2) is 0 Å². The number of carbonyl (C=O) groups excluding carboxylic acids is 1. The Balaban J connectivity index is 1.51. The minimum absolute atomic E-state index is 0.0710. The highest BCUT2D eigenvalue weighted by Crippen LogP contribution is 2.26. The van der Waals surface area contributed by atoms with Crippen LogP contribution in [0.3, 0.4) is 0 Å². The summed E-state index contributed by atoms with van der Waals surface area (Å²) in [4.78, 5) is 16.0. The van der Waals surface area contributed by atoms with E-state index in [-0.39, 0.29) is 5.91 Å². The van der Waals surface area contributed by atoms with E-state index in [1.54, 1.807) is 11.8 Å². The third kappa shape index (κ3) is 3.71. The number of amides is 1. The first-order chi connectivity index (χ1) is 13.3. The molecule has 0 spiro atoms. The molecule has 0 atom stereocenters. The second kappa shape index (κ2) is 7.88. The molecule has 0 fully saturated rings. The lowest BCUT2D eigenvalue weighted by Gasteiger charge is -2.28. The third-order valence-electron chi connectivity index (χ3n) is 4.76. The van der Waals surface area contributed by atoms with Crippen molar-refractivity contribution in [1.29, 1.82) is 0 Å². The minimum atomic E-state index is 0.0710.